The van der Waals surface area contributed by atoms with Gasteiger partial charge in [0.25, 0.3) is 0 Å². The van der Waals surface area contributed by atoms with E-state index in [1.54, 1.807) is 12.1 Å². The zero-order valence-electron chi connectivity index (χ0n) is 17.4. The summed E-state index contributed by atoms with van der Waals surface area (Å²) in [7, 11) is 0. The van der Waals surface area contributed by atoms with Crippen molar-refractivity contribution in [3.63, 3.8) is 0 Å². The molecular weight excluding hydrogens is 424 g/mol. The molecule has 1 aromatic carbocycles. The predicted octanol–water partition coefficient (Wildman–Crippen LogP) is -2.15. The lowest BCUT2D eigenvalue weighted by Crippen LogP contribution is -2.56. The Morgan fingerprint density at radius 3 is 2.28 bits per heavy atom. The van der Waals surface area contributed by atoms with Gasteiger partial charge in [0.05, 0.1) is 12.5 Å². The minimum atomic E-state index is -1.59. The summed E-state index contributed by atoms with van der Waals surface area (Å²) in [5.74, 6) is -4.38. The van der Waals surface area contributed by atoms with Gasteiger partial charge in [-0.1, -0.05) is 12.1 Å². The third kappa shape index (κ3) is 6.67. The number of phenolic OH excluding ortho intramolecular Hbond substituents is 1. The molecule has 7 N–H and O–H groups in total. The van der Waals surface area contributed by atoms with Crippen molar-refractivity contribution in [1.29, 1.82) is 0 Å². The van der Waals surface area contributed by atoms with Crippen molar-refractivity contribution in [2.24, 2.45) is 5.73 Å². The first-order valence-electron chi connectivity index (χ1n) is 9.83. The minimum absolute atomic E-state index is 0.0273. The summed E-state index contributed by atoms with van der Waals surface area (Å²) in [6.07, 6.45) is -1.77. The van der Waals surface area contributed by atoms with Crippen molar-refractivity contribution < 1.29 is 39.3 Å². The summed E-state index contributed by atoms with van der Waals surface area (Å²) in [4.78, 5) is 61.0. The summed E-state index contributed by atoms with van der Waals surface area (Å²) >= 11 is 0. The van der Waals surface area contributed by atoms with Gasteiger partial charge >= 0.3 is 5.97 Å². The highest BCUT2D eigenvalue weighted by atomic mass is 16.4. The summed E-state index contributed by atoms with van der Waals surface area (Å²) in [5, 5.41) is 33.4. The average Bonchev–Trinajstić information content (AvgIpc) is 3.09. The van der Waals surface area contributed by atoms with Gasteiger partial charge in [-0.3, -0.25) is 19.2 Å². The lowest BCUT2D eigenvalue weighted by molar-refractivity contribution is -0.145. The van der Waals surface area contributed by atoms with Crippen LogP contribution in [0.2, 0.25) is 0 Å². The van der Waals surface area contributed by atoms with E-state index in [0.29, 0.717) is 5.56 Å². The molecule has 0 unspecified atom stereocenters. The molecule has 12 heteroatoms. The lowest BCUT2D eigenvalue weighted by Gasteiger charge is -2.29. The molecule has 1 fully saturated rings. The maximum atomic E-state index is 13.2. The van der Waals surface area contributed by atoms with E-state index in [9.17, 15) is 39.3 Å². The van der Waals surface area contributed by atoms with Crippen LogP contribution < -0.4 is 16.4 Å². The maximum Gasteiger partial charge on any atom is 0.326 e. The molecule has 32 heavy (non-hydrogen) atoms. The fourth-order valence-electron chi connectivity index (χ4n) is 3.49. The van der Waals surface area contributed by atoms with Crippen LogP contribution in [0.15, 0.2) is 24.3 Å². The highest BCUT2D eigenvalue weighted by Crippen LogP contribution is 2.21. The molecule has 4 amide bonds. The summed E-state index contributed by atoms with van der Waals surface area (Å²) in [6.45, 7) is 1.03. The van der Waals surface area contributed by atoms with Gasteiger partial charge in [-0.05, 0) is 17.7 Å². The molecular formula is C20H26N4O8. The number of carboxylic acids is 1. The number of benzene rings is 1. The molecule has 0 saturated carbocycles. The summed E-state index contributed by atoms with van der Waals surface area (Å²) < 4.78 is 0. The van der Waals surface area contributed by atoms with E-state index in [-0.39, 0.29) is 25.1 Å². The van der Waals surface area contributed by atoms with Crippen molar-refractivity contribution in [1.82, 2.24) is 15.5 Å². The van der Waals surface area contributed by atoms with Crippen LogP contribution in [-0.2, 0) is 30.4 Å². The molecule has 12 nitrogen and oxygen atoms in total. The van der Waals surface area contributed by atoms with Gasteiger partial charge in [0, 0.05) is 26.3 Å². The number of primary amides is 1. The molecule has 0 aromatic heterocycles. The number of aliphatic hydroxyl groups excluding tert-OH is 1. The maximum absolute atomic E-state index is 13.2. The van der Waals surface area contributed by atoms with Crippen LogP contribution in [0, 0.1) is 0 Å². The summed E-state index contributed by atoms with van der Waals surface area (Å²) in [6, 6.07) is 2.12. The van der Waals surface area contributed by atoms with Crippen molar-refractivity contribution in [2.75, 3.05) is 6.54 Å². The highest BCUT2D eigenvalue weighted by Gasteiger charge is 2.42. The standard InChI is InChI=1S/C20H26N4O8/c1-10(25)22-14(6-11-2-4-12(26)5-3-11)19(30)24-9-13(27)7-16(24)18(29)23-15(20(31)32)8-17(21)28/h2-5,13-16,26-27H,6-9H2,1H3,(H2,21,28)(H,22,25)(H,23,29)(H,31,32)/t13-,14-,15+,16+/m1/s1. The number of amides is 4. The van der Waals surface area contributed by atoms with Crippen molar-refractivity contribution in [3.8, 4) is 5.75 Å². The van der Waals surface area contributed by atoms with Crippen LogP contribution in [-0.4, -0.2) is 80.6 Å². The second kappa shape index (κ2) is 10.6. The van der Waals surface area contributed by atoms with Gasteiger partial charge in [-0.2, -0.15) is 0 Å². The Morgan fingerprint density at radius 1 is 1.12 bits per heavy atom. The van der Waals surface area contributed by atoms with Gasteiger partial charge in [0.1, 0.15) is 23.9 Å². The number of phenols is 1. The number of aliphatic hydroxyl groups is 1. The topological polar surface area (TPSA) is 199 Å². The fourth-order valence-corrected chi connectivity index (χ4v) is 3.49. The molecule has 1 saturated heterocycles. The lowest BCUT2D eigenvalue weighted by atomic mass is 10.0. The van der Waals surface area contributed by atoms with Crippen molar-refractivity contribution in [2.45, 2.75) is 50.4 Å². The molecule has 174 valence electrons. The molecule has 0 bridgehead atoms. The first kappa shape index (κ1) is 24.6. The third-order valence-electron chi connectivity index (χ3n) is 4.94. The number of aliphatic carboxylic acids is 1. The van der Waals surface area contributed by atoms with Crippen LogP contribution >= 0.6 is 0 Å². The van der Waals surface area contributed by atoms with Gasteiger partial charge in [-0.15, -0.1) is 0 Å². The third-order valence-corrected chi connectivity index (χ3v) is 4.94. The Bertz CT molecular complexity index is 888. The fraction of sp³-hybridized carbons (Fsp3) is 0.450. The first-order chi connectivity index (χ1) is 15.0. The van der Waals surface area contributed by atoms with E-state index in [2.05, 4.69) is 10.6 Å². The Labute approximate surface area is 183 Å². The Hall–Kier alpha value is -3.67. The number of nitrogens with zero attached hydrogens (tertiary/aromatic N) is 1. The number of β-amino-alcohol motifs (C(OH)–C–C–N with tert-alkyl or cyclic N) is 1. The largest absolute Gasteiger partial charge is 0.508 e. The average molecular weight is 450 g/mol. The number of rotatable bonds is 9. The summed E-state index contributed by atoms with van der Waals surface area (Å²) in [5.41, 5.74) is 5.64. The second-order valence-corrected chi connectivity index (χ2v) is 7.59. The van der Waals surface area contributed by atoms with Crippen LogP contribution in [0.5, 0.6) is 5.75 Å². The molecule has 1 aromatic rings. The van der Waals surface area contributed by atoms with E-state index in [4.69, 9.17) is 5.73 Å². The number of hydrogen-bond donors (Lipinski definition) is 6. The quantitative estimate of drug-likeness (QED) is 0.244. The van der Waals surface area contributed by atoms with Crippen molar-refractivity contribution >= 4 is 29.6 Å². The molecule has 2 rings (SSSR count). The van der Waals surface area contributed by atoms with E-state index in [0.717, 1.165) is 4.90 Å². The van der Waals surface area contributed by atoms with Gasteiger partial charge in [-0.25, -0.2) is 4.79 Å². The Balaban J connectivity index is 2.21. The number of carbonyl (C=O) groups is 5. The zero-order chi connectivity index (χ0) is 24.0. The molecule has 0 spiro atoms. The zero-order valence-corrected chi connectivity index (χ0v) is 17.4. The molecule has 0 radical (unpaired) electrons. The SMILES string of the molecule is CC(=O)N[C@H](Cc1ccc(O)cc1)C(=O)N1C[C@H](O)C[C@H]1C(=O)N[C@@H](CC(N)=O)C(=O)O. The molecule has 1 heterocycles. The molecule has 0 aliphatic carbocycles. The number of carboxylic acid groups (broad SMARTS) is 1. The van der Waals surface area contributed by atoms with Crippen LogP contribution in [0.1, 0.15) is 25.3 Å². The molecule has 1 aliphatic heterocycles. The Kier molecular flexibility index (Phi) is 8.13. The number of nitrogens with one attached hydrogen (secondary N) is 2. The van der Waals surface area contributed by atoms with E-state index >= 15 is 0 Å². The molecule has 4 atom stereocenters. The van der Waals surface area contributed by atoms with Crippen LogP contribution in [0.4, 0.5) is 0 Å². The van der Waals surface area contributed by atoms with Gasteiger partial charge < -0.3 is 36.6 Å². The predicted molar refractivity (Wildman–Crippen MR) is 109 cm³/mol. The molecule has 1 aliphatic rings. The highest BCUT2D eigenvalue weighted by molar-refractivity contribution is 5.94. The number of likely N-dealkylation sites (tertiary alicyclic amines) is 1. The van der Waals surface area contributed by atoms with Crippen LogP contribution in [0.3, 0.4) is 0 Å². The second-order valence-electron chi connectivity index (χ2n) is 7.59. The number of nitrogens with two attached hydrogens (primary N) is 1. The van der Waals surface area contributed by atoms with Gasteiger partial charge in [0.2, 0.25) is 23.6 Å². The monoisotopic (exact) mass is 450 g/mol. The number of carbonyl (C=O) groups excluding carboxylic acids is 4. The van der Waals surface area contributed by atoms with E-state index < -0.39 is 60.2 Å². The smallest absolute Gasteiger partial charge is 0.326 e. The normalized spacial score (nSPS) is 19.6. The van der Waals surface area contributed by atoms with E-state index in [1.807, 2.05) is 0 Å². The Morgan fingerprint density at radius 2 is 1.75 bits per heavy atom. The first-order valence-corrected chi connectivity index (χ1v) is 9.83. The van der Waals surface area contributed by atoms with Crippen molar-refractivity contribution in [3.05, 3.63) is 29.8 Å². The number of hydrogen-bond acceptors (Lipinski definition) is 7. The number of aromatic hydroxyl groups is 1. The minimum Gasteiger partial charge on any atom is -0.508 e. The van der Waals surface area contributed by atoms with Crippen LogP contribution in [0.25, 0.3) is 0 Å². The van der Waals surface area contributed by atoms with Gasteiger partial charge in [0.15, 0.2) is 0 Å². The van der Waals surface area contributed by atoms with E-state index in [1.165, 1.54) is 19.1 Å².